The molecule has 0 aromatic rings. The number of nitrogens with one attached hydrogen (secondary N) is 1. The number of primary amides is 1. The lowest BCUT2D eigenvalue weighted by molar-refractivity contribution is 0.0516. The Bertz CT molecular complexity index is 231. The number of hydrogen-bond donors (Lipinski definition) is 2. The first kappa shape index (κ1) is 13.1. The number of rotatable bonds is 6. The lowest BCUT2D eigenvalue weighted by atomic mass is 10.4. The molecule has 0 radical (unpaired) electrons. The van der Waals surface area contributed by atoms with Crippen molar-refractivity contribution in [2.45, 2.75) is 13.0 Å². The number of alkyl carbamates (subject to hydrolysis) is 1. The van der Waals surface area contributed by atoms with Gasteiger partial charge >= 0.3 is 12.2 Å². The largest absolute Gasteiger partial charge is 0.481 e. The van der Waals surface area contributed by atoms with Gasteiger partial charge in [-0.15, -0.1) is 0 Å². The first-order valence-corrected chi connectivity index (χ1v) is 4.15. The average Bonchev–Trinajstić information content (AvgIpc) is 2.15. The van der Waals surface area contributed by atoms with Gasteiger partial charge in [0.05, 0.1) is 6.26 Å². The summed E-state index contributed by atoms with van der Waals surface area (Å²) in [5.41, 5.74) is 4.72. The fourth-order valence-corrected chi connectivity index (χ4v) is 0.617. The highest BCUT2D eigenvalue weighted by atomic mass is 16.6. The molecule has 0 saturated carbocycles. The van der Waals surface area contributed by atoms with Gasteiger partial charge in [-0.1, -0.05) is 6.58 Å². The SMILES string of the molecule is C=COCNC(=O)OC(C)COC(N)=O. The van der Waals surface area contributed by atoms with Crippen LogP contribution < -0.4 is 11.1 Å². The topological polar surface area (TPSA) is 99.9 Å². The molecule has 0 aromatic carbocycles. The molecule has 7 heteroatoms. The van der Waals surface area contributed by atoms with E-state index in [-0.39, 0.29) is 13.3 Å². The summed E-state index contributed by atoms with van der Waals surface area (Å²) >= 11 is 0. The number of ether oxygens (including phenoxy) is 3. The zero-order chi connectivity index (χ0) is 11.7. The maximum absolute atomic E-state index is 11.0. The zero-order valence-corrected chi connectivity index (χ0v) is 8.39. The summed E-state index contributed by atoms with van der Waals surface area (Å²) in [5.74, 6) is 0. The Balaban J connectivity index is 3.57. The lowest BCUT2D eigenvalue weighted by Crippen LogP contribution is -2.31. The number of carbonyl (C=O) groups excluding carboxylic acids is 2. The molecule has 0 spiro atoms. The molecule has 0 aliphatic heterocycles. The smallest absolute Gasteiger partial charge is 0.410 e. The van der Waals surface area contributed by atoms with Gasteiger partial charge in [-0.25, -0.2) is 9.59 Å². The fraction of sp³-hybridized carbons (Fsp3) is 0.500. The van der Waals surface area contributed by atoms with E-state index in [1.807, 2.05) is 0 Å². The van der Waals surface area contributed by atoms with E-state index in [9.17, 15) is 9.59 Å². The van der Waals surface area contributed by atoms with Crippen molar-refractivity contribution in [3.63, 3.8) is 0 Å². The first-order chi connectivity index (χ1) is 7.06. The van der Waals surface area contributed by atoms with Crippen molar-refractivity contribution >= 4 is 12.2 Å². The number of nitrogens with two attached hydrogens (primary N) is 1. The fourth-order valence-electron chi connectivity index (χ4n) is 0.617. The minimum atomic E-state index is -0.916. The Morgan fingerprint density at radius 1 is 1.60 bits per heavy atom. The van der Waals surface area contributed by atoms with Crippen LogP contribution in [0.3, 0.4) is 0 Å². The van der Waals surface area contributed by atoms with Crippen molar-refractivity contribution in [1.29, 1.82) is 0 Å². The molecule has 86 valence electrons. The van der Waals surface area contributed by atoms with Crippen LogP contribution in [0.25, 0.3) is 0 Å². The van der Waals surface area contributed by atoms with E-state index in [1.54, 1.807) is 6.92 Å². The van der Waals surface area contributed by atoms with E-state index in [0.29, 0.717) is 0 Å². The van der Waals surface area contributed by atoms with Crippen LogP contribution in [-0.4, -0.2) is 31.6 Å². The van der Waals surface area contributed by atoms with Crippen LogP contribution in [0.15, 0.2) is 12.8 Å². The van der Waals surface area contributed by atoms with Crippen molar-refractivity contribution in [3.05, 3.63) is 12.8 Å². The molecule has 7 nitrogen and oxygen atoms in total. The highest BCUT2D eigenvalue weighted by molar-refractivity contribution is 5.67. The van der Waals surface area contributed by atoms with Crippen molar-refractivity contribution in [2.75, 3.05) is 13.3 Å². The molecule has 0 aliphatic rings. The number of amides is 2. The summed E-state index contributed by atoms with van der Waals surface area (Å²) < 4.78 is 13.8. The molecule has 1 unspecified atom stereocenters. The van der Waals surface area contributed by atoms with E-state index in [0.717, 1.165) is 0 Å². The van der Waals surface area contributed by atoms with Crippen LogP contribution in [0.4, 0.5) is 9.59 Å². The molecule has 15 heavy (non-hydrogen) atoms. The predicted molar refractivity (Wildman–Crippen MR) is 50.8 cm³/mol. The van der Waals surface area contributed by atoms with Crippen LogP contribution in [0.5, 0.6) is 0 Å². The Morgan fingerprint density at radius 3 is 2.80 bits per heavy atom. The molecule has 1 atom stereocenters. The second-order valence-electron chi connectivity index (χ2n) is 2.50. The Morgan fingerprint density at radius 2 is 2.27 bits per heavy atom. The van der Waals surface area contributed by atoms with Gasteiger partial charge in [0.1, 0.15) is 12.7 Å². The maximum Gasteiger partial charge on any atom is 0.410 e. The third kappa shape index (κ3) is 8.41. The molecule has 0 heterocycles. The summed E-state index contributed by atoms with van der Waals surface area (Å²) in [7, 11) is 0. The summed E-state index contributed by atoms with van der Waals surface area (Å²) in [6.45, 7) is 4.71. The first-order valence-electron chi connectivity index (χ1n) is 4.15. The van der Waals surface area contributed by atoms with Crippen LogP contribution in [0.1, 0.15) is 6.92 Å². The zero-order valence-electron chi connectivity index (χ0n) is 8.39. The lowest BCUT2D eigenvalue weighted by Gasteiger charge is -2.12. The molecule has 0 bridgehead atoms. The van der Waals surface area contributed by atoms with Gasteiger partial charge < -0.3 is 19.9 Å². The van der Waals surface area contributed by atoms with E-state index >= 15 is 0 Å². The average molecular weight is 218 g/mol. The monoisotopic (exact) mass is 218 g/mol. The molecule has 0 rings (SSSR count). The van der Waals surface area contributed by atoms with Gasteiger partial charge in [-0.3, -0.25) is 5.32 Å². The minimum Gasteiger partial charge on any atom is -0.481 e. The maximum atomic E-state index is 11.0. The van der Waals surface area contributed by atoms with Gasteiger partial charge in [0.15, 0.2) is 6.73 Å². The standard InChI is InChI=1S/C8H14N2O5/c1-3-13-5-10-8(12)15-6(2)4-14-7(9)11/h3,6H,1,4-5H2,2H3,(H2,9,11)(H,10,12). The Hall–Kier alpha value is -1.92. The highest BCUT2D eigenvalue weighted by Gasteiger charge is 2.10. The third-order valence-corrected chi connectivity index (χ3v) is 1.19. The summed E-state index contributed by atoms with van der Waals surface area (Å²) in [6.07, 6.45) is -1.00. The predicted octanol–water partition coefficient (Wildman–Crippen LogP) is 0.314. The van der Waals surface area contributed by atoms with Crippen LogP contribution >= 0.6 is 0 Å². The normalized spacial score (nSPS) is 11.0. The molecule has 0 aromatic heterocycles. The van der Waals surface area contributed by atoms with Crippen LogP contribution in [0.2, 0.25) is 0 Å². The number of carbonyl (C=O) groups is 2. The third-order valence-electron chi connectivity index (χ3n) is 1.19. The highest BCUT2D eigenvalue weighted by Crippen LogP contribution is 1.92. The molecule has 2 amide bonds. The van der Waals surface area contributed by atoms with Crippen molar-refractivity contribution in [2.24, 2.45) is 5.73 Å². The molecule has 3 N–H and O–H groups in total. The second-order valence-corrected chi connectivity index (χ2v) is 2.50. The van der Waals surface area contributed by atoms with Gasteiger partial charge in [0, 0.05) is 0 Å². The summed E-state index contributed by atoms with van der Waals surface area (Å²) in [4.78, 5) is 21.2. The van der Waals surface area contributed by atoms with E-state index in [1.165, 1.54) is 6.26 Å². The van der Waals surface area contributed by atoms with Crippen LogP contribution in [0, 0.1) is 0 Å². The molecule has 0 saturated heterocycles. The number of hydrogen-bond acceptors (Lipinski definition) is 5. The van der Waals surface area contributed by atoms with Crippen molar-refractivity contribution in [3.8, 4) is 0 Å². The van der Waals surface area contributed by atoms with Crippen molar-refractivity contribution < 1.29 is 23.8 Å². The molecule has 0 fully saturated rings. The molecule has 0 aliphatic carbocycles. The van der Waals surface area contributed by atoms with Gasteiger partial charge in [0.2, 0.25) is 0 Å². The Kier molecular flexibility index (Phi) is 6.52. The molecular formula is C8H14N2O5. The van der Waals surface area contributed by atoms with E-state index in [2.05, 4.69) is 21.4 Å². The summed E-state index contributed by atoms with van der Waals surface area (Å²) in [6, 6.07) is 0. The molecular weight excluding hydrogens is 204 g/mol. The van der Waals surface area contributed by atoms with Crippen molar-refractivity contribution in [1.82, 2.24) is 5.32 Å². The van der Waals surface area contributed by atoms with Gasteiger partial charge in [-0.2, -0.15) is 0 Å². The summed E-state index contributed by atoms with van der Waals surface area (Å²) in [5, 5.41) is 2.28. The van der Waals surface area contributed by atoms with Gasteiger partial charge in [-0.05, 0) is 6.92 Å². The van der Waals surface area contributed by atoms with Crippen LogP contribution in [-0.2, 0) is 14.2 Å². The second kappa shape index (κ2) is 7.48. The van der Waals surface area contributed by atoms with E-state index in [4.69, 9.17) is 10.5 Å². The van der Waals surface area contributed by atoms with Gasteiger partial charge in [0.25, 0.3) is 0 Å². The van der Waals surface area contributed by atoms with E-state index < -0.39 is 18.3 Å². The quantitative estimate of drug-likeness (QED) is 0.379. The minimum absolute atomic E-state index is 0.0360. The Labute approximate surface area is 87.2 Å².